The molecule has 11 heteroatoms. The van der Waals surface area contributed by atoms with Crippen LogP contribution in [0.1, 0.15) is 0 Å². The first kappa shape index (κ1) is 20.2. The Hall–Kier alpha value is -2.04. The van der Waals surface area contributed by atoms with E-state index in [1.807, 2.05) is 4.90 Å². The van der Waals surface area contributed by atoms with Crippen LogP contribution < -0.4 is 5.56 Å². The highest BCUT2D eigenvalue weighted by atomic mass is 35.5. The van der Waals surface area contributed by atoms with Crippen molar-refractivity contribution < 1.29 is 8.42 Å². The Labute approximate surface area is 177 Å². The predicted octanol–water partition coefficient (Wildman–Crippen LogP) is 2.06. The molecule has 0 spiro atoms. The minimum absolute atomic E-state index is 0.0756. The molecule has 4 rings (SSSR count). The largest absolute Gasteiger partial charge is 0.282 e. The zero-order chi connectivity index (χ0) is 20.6. The van der Waals surface area contributed by atoms with Gasteiger partial charge in [0.15, 0.2) is 0 Å². The fourth-order valence-corrected chi connectivity index (χ4v) is 5.79. The molecule has 2 heterocycles. The van der Waals surface area contributed by atoms with E-state index < -0.39 is 10.0 Å². The first-order valence-electron chi connectivity index (χ1n) is 8.87. The second-order valence-corrected chi connectivity index (χ2v) is 9.31. The van der Waals surface area contributed by atoms with E-state index >= 15 is 0 Å². The summed E-state index contributed by atoms with van der Waals surface area (Å²) in [4.78, 5) is 14.5. The van der Waals surface area contributed by atoms with Crippen molar-refractivity contribution in [3.05, 3.63) is 62.9 Å². The molecule has 8 nitrogen and oxygen atoms in total. The molecule has 0 amide bonds. The topological polar surface area (TPSA) is 88.4 Å². The van der Waals surface area contributed by atoms with Crippen LogP contribution in [-0.4, -0.2) is 58.8 Å². The minimum atomic E-state index is -3.81. The summed E-state index contributed by atoms with van der Waals surface area (Å²) in [7, 11) is -3.81. The van der Waals surface area contributed by atoms with Gasteiger partial charge in [0.05, 0.1) is 22.1 Å². The van der Waals surface area contributed by atoms with E-state index in [1.54, 1.807) is 30.3 Å². The molecule has 1 fully saturated rings. The summed E-state index contributed by atoms with van der Waals surface area (Å²) >= 11 is 12.2. The Morgan fingerprint density at radius 3 is 2.28 bits per heavy atom. The molecule has 0 unspecified atom stereocenters. The standard InChI is InChI=1S/C18H17Cl2N5O3S/c19-14-5-3-6-15(20)17(14)29(27,28)24-10-8-23(9-11-24)12-25-18(26)13-4-1-2-7-16(13)21-22-25/h1-7H,8-12H2. The Kier molecular flexibility index (Phi) is 5.58. The Morgan fingerprint density at radius 1 is 0.931 bits per heavy atom. The third-order valence-electron chi connectivity index (χ3n) is 4.81. The SMILES string of the molecule is O=c1c2ccccc2nnn1CN1CCN(S(=O)(=O)c2c(Cl)cccc2Cl)CC1. The highest BCUT2D eigenvalue weighted by molar-refractivity contribution is 7.89. The van der Waals surface area contributed by atoms with Crippen molar-refractivity contribution in [3.63, 3.8) is 0 Å². The van der Waals surface area contributed by atoms with E-state index in [9.17, 15) is 13.2 Å². The molecule has 29 heavy (non-hydrogen) atoms. The number of piperazine rings is 1. The van der Waals surface area contributed by atoms with Crippen LogP contribution in [0, 0.1) is 0 Å². The van der Waals surface area contributed by atoms with Gasteiger partial charge in [-0.3, -0.25) is 9.69 Å². The van der Waals surface area contributed by atoms with Crippen molar-refractivity contribution in [1.82, 2.24) is 24.2 Å². The number of fused-ring (bicyclic) bond motifs is 1. The van der Waals surface area contributed by atoms with Gasteiger partial charge in [-0.05, 0) is 24.3 Å². The first-order chi connectivity index (χ1) is 13.9. The smallest absolute Gasteiger partial charge is 0.278 e. The van der Waals surface area contributed by atoms with Crippen molar-refractivity contribution in [2.45, 2.75) is 11.6 Å². The summed E-state index contributed by atoms with van der Waals surface area (Å²) in [6.07, 6.45) is 0. The van der Waals surface area contributed by atoms with Crippen LogP contribution in [0.5, 0.6) is 0 Å². The number of nitrogens with zero attached hydrogens (tertiary/aromatic N) is 5. The van der Waals surface area contributed by atoms with Crippen molar-refractivity contribution in [1.29, 1.82) is 0 Å². The van der Waals surface area contributed by atoms with E-state index in [0.717, 1.165) is 0 Å². The van der Waals surface area contributed by atoms with Gasteiger partial charge in [0.1, 0.15) is 10.4 Å². The minimum Gasteiger partial charge on any atom is -0.282 e. The molecule has 1 aromatic heterocycles. The molecule has 0 N–H and O–H groups in total. The van der Waals surface area contributed by atoms with Crippen molar-refractivity contribution in [2.24, 2.45) is 0 Å². The van der Waals surface area contributed by atoms with Gasteiger partial charge in [-0.2, -0.15) is 8.99 Å². The summed E-state index contributed by atoms with van der Waals surface area (Å²) < 4.78 is 28.6. The predicted molar refractivity (Wildman–Crippen MR) is 111 cm³/mol. The van der Waals surface area contributed by atoms with Gasteiger partial charge < -0.3 is 0 Å². The number of benzene rings is 2. The summed E-state index contributed by atoms with van der Waals surface area (Å²) in [6, 6.07) is 11.6. The number of hydrogen-bond donors (Lipinski definition) is 0. The Morgan fingerprint density at radius 2 is 1.59 bits per heavy atom. The van der Waals surface area contributed by atoms with Gasteiger partial charge in [-0.25, -0.2) is 8.42 Å². The van der Waals surface area contributed by atoms with E-state index in [4.69, 9.17) is 23.2 Å². The van der Waals surface area contributed by atoms with E-state index in [0.29, 0.717) is 24.0 Å². The van der Waals surface area contributed by atoms with Gasteiger partial charge >= 0.3 is 0 Å². The second kappa shape index (κ2) is 8.00. The van der Waals surface area contributed by atoms with Crippen LogP contribution in [-0.2, 0) is 16.7 Å². The van der Waals surface area contributed by atoms with Crippen LogP contribution in [0.25, 0.3) is 10.9 Å². The number of halogens is 2. The molecule has 152 valence electrons. The van der Waals surface area contributed by atoms with Gasteiger partial charge in [0.25, 0.3) is 5.56 Å². The molecule has 0 saturated carbocycles. The molecule has 1 saturated heterocycles. The zero-order valence-corrected chi connectivity index (χ0v) is 17.5. The maximum Gasteiger partial charge on any atom is 0.278 e. The van der Waals surface area contributed by atoms with Gasteiger partial charge in [0, 0.05) is 26.2 Å². The average molecular weight is 454 g/mol. The van der Waals surface area contributed by atoms with Gasteiger partial charge in [0.2, 0.25) is 10.0 Å². The molecule has 3 aromatic rings. The van der Waals surface area contributed by atoms with Crippen molar-refractivity contribution in [3.8, 4) is 0 Å². The second-order valence-electron chi connectivity index (χ2n) is 6.63. The normalized spacial score (nSPS) is 16.3. The summed E-state index contributed by atoms with van der Waals surface area (Å²) in [5, 5.41) is 8.74. The highest BCUT2D eigenvalue weighted by Gasteiger charge is 2.32. The molecule has 0 radical (unpaired) electrons. The monoisotopic (exact) mass is 453 g/mol. The molecule has 0 bridgehead atoms. The maximum atomic E-state index is 13.0. The summed E-state index contributed by atoms with van der Waals surface area (Å²) in [5.74, 6) is 0. The average Bonchev–Trinajstić information content (AvgIpc) is 2.70. The van der Waals surface area contributed by atoms with Crippen LogP contribution in [0.15, 0.2) is 52.2 Å². The molecule has 2 aromatic carbocycles. The van der Waals surface area contributed by atoms with Crippen LogP contribution >= 0.6 is 23.2 Å². The molecule has 0 aliphatic carbocycles. The van der Waals surface area contributed by atoms with Crippen LogP contribution in [0.3, 0.4) is 0 Å². The Bertz CT molecular complexity index is 1200. The lowest BCUT2D eigenvalue weighted by molar-refractivity contribution is 0.141. The first-order valence-corrected chi connectivity index (χ1v) is 11.1. The third kappa shape index (κ3) is 3.88. The zero-order valence-electron chi connectivity index (χ0n) is 15.2. The maximum absolute atomic E-state index is 13.0. The lowest BCUT2D eigenvalue weighted by atomic mass is 10.2. The quantitative estimate of drug-likeness (QED) is 0.600. The fraction of sp³-hybridized carbons (Fsp3) is 0.278. The van der Waals surface area contributed by atoms with E-state index in [-0.39, 0.29) is 40.3 Å². The molecular weight excluding hydrogens is 437 g/mol. The lowest BCUT2D eigenvalue weighted by Crippen LogP contribution is -2.50. The van der Waals surface area contributed by atoms with Crippen molar-refractivity contribution in [2.75, 3.05) is 26.2 Å². The van der Waals surface area contributed by atoms with E-state index in [1.165, 1.54) is 21.1 Å². The Balaban J connectivity index is 1.49. The number of aromatic nitrogens is 3. The molecular formula is C18H17Cl2N5O3S. The summed E-state index contributed by atoms with van der Waals surface area (Å²) in [6.45, 7) is 1.60. The van der Waals surface area contributed by atoms with Gasteiger partial charge in [-0.15, -0.1) is 5.10 Å². The number of hydrogen-bond acceptors (Lipinski definition) is 6. The van der Waals surface area contributed by atoms with Crippen molar-refractivity contribution >= 4 is 44.1 Å². The van der Waals surface area contributed by atoms with Crippen LogP contribution in [0.4, 0.5) is 0 Å². The highest BCUT2D eigenvalue weighted by Crippen LogP contribution is 2.31. The van der Waals surface area contributed by atoms with Gasteiger partial charge in [-0.1, -0.05) is 46.6 Å². The van der Waals surface area contributed by atoms with Crippen LogP contribution in [0.2, 0.25) is 10.0 Å². The fourth-order valence-electron chi connectivity index (χ4n) is 3.27. The number of rotatable bonds is 4. The van der Waals surface area contributed by atoms with E-state index in [2.05, 4.69) is 10.3 Å². The summed E-state index contributed by atoms with van der Waals surface area (Å²) in [5.41, 5.74) is 0.315. The third-order valence-corrected chi connectivity index (χ3v) is 7.67. The number of sulfonamides is 1. The molecule has 1 aliphatic rings. The molecule has 0 atom stereocenters. The molecule has 1 aliphatic heterocycles. The lowest BCUT2D eigenvalue weighted by Gasteiger charge is -2.34.